The molecule has 0 bridgehead atoms. The molecule has 7 nitrogen and oxygen atoms in total. The fourth-order valence-electron chi connectivity index (χ4n) is 4.06. The summed E-state index contributed by atoms with van der Waals surface area (Å²) < 4.78 is 29.8. The molecule has 2 fully saturated rings. The SMILES string of the molecule is CCCN1CCN(Cc2cnc(-c3ccco3)nc2)C2CS(=O)(=O)CC21. The molecule has 8 heteroatoms. The second-order valence-corrected chi connectivity index (χ2v) is 9.26. The van der Waals surface area contributed by atoms with Crippen LogP contribution >= 0.6 is 0 Å². The van der Waals surface area contributed by atoms with Crippen LogP contribution in [0.25, 0.3) is 11.6 Å². The molecule has 0 aliphatic carbocycles. The fraction of sp³-hybridized carbons (Fsp3) is 0.556. The summed E-state index contributed by atoms with van der Waals surface area (Å²) in [5.74, 6) is 1.74. The van der Waals surface area contributed by atoms with Gasteiger partial charge in [0.25, 0.3) is 0 Å². The van der Waals surface area contributed by atoms with Crippen molar-refractivity contribution in [1.29, 1.82) is 0 Å². The molecule has 0 N–H and O–H groups in total. The van der Waals surface area contributed by atoms with E-state index in [-0.39, 0.29) is 23.6 Å². The predicted molar refractivity (Wildman–Crippen MR) is 98.2 cm³/mol. The van der Waals surface area contributed by atoms with Gasteiger partial charge in [0.05, 0.1) is 17.8 Å². The third-order valence-corrected chi connectivity index (χ3v) is 6.95. The van der Waals surface area contributed by atoms with Crippen LogP contribution < -0.4 is 0 Å². The summed E-state index contributed by atoms with van der Waals surface area (Å²) in [7, 11) is -2.97. The zero-order chi connectivity index (χ0) is 18.1. The second kappa shape index (κ2) is 7.09. The van der Waals surface area contributed by atoms with Crippen LogP contribution in [0.15, 0.2) is 35.2 Å². The Labute approximate surface area is 154 Å². The van der Waals surface area contributed by atoms with Crippen LogP contribution in [0.2, 0.25) is 0 Å². The minimum Gasteiger partial charge on any atom is -0.461 e. The Hall–Kier alpha value is -1.77. The van der Waals surface area contributed by atoms with Crippen LogP contribution in [-0.4, -0.2) is 71.4 Å². The number of aromatic nitrogens is 2. The van der Waals surface area contributed by atoms with Gasteiger partial charge in [0.15, 0.2) is 21.4 Å². The molecule has 2 aliphatic rings. The second-order valence-electron chi connectivity index (χ2n) is 7.11. The van der Waals surface area contributed by atoms with E-state index in [9.17, 15) is 8.42 Å². The van der Waals surface area contributed by atoms with Gasteiger partial charge in [0.2, 0.25) is 0 Å². The maximum absolute atomic E-state index is 12.2. The highest BCUT2D eigenvalue weighted by Crippen LogP contribution is 2.28. The smallest absolute Gasteiger partial charge is 0.195 e. The van der Waals surface area contributed by atoms with E-state index in [1.54, 1.807) is 6.26 Å². The lowest BCUT2D eigenvalue weighted by atomic mass is 10.0. The Morgan fingerprint density at radius 3 is 2.50 bits per heavy atom. The lowest BCUT2D eigenvalue weighted by molar-refractivity contribution is 0.0404. The van der Waals surface area contributed by atoms with E-state index in [1.165, 1.54) is 0 Å². The highest BCUT2D eigenvalue weighted by Gasteiger charge is 2.46. The number of fused-ring (bicyclic) bond motifs is 1. The molecule has 0 saturated carbocycles. The van der Waals surface area contributed by atoms with Crippen LogP contribution in [0.5, 0.6) is 0 Å². The molecule has 26 heavy (non-hydrogen) atoms. The van der Waals surface area contributed by atoms with Crippen molar-refractivity contribution in [3.8, 4) is 11.6 Å². The molecule has 140 valence electrons. The molecule has 2 aromatic rings. The van der Waals surface area contributed by atoms with Crippen LogP contribution in [0, 0.1) is 0 Å². The molecule has 4 rings (SSSR count). The number of hydrogen-bond donors (Lipinski definition) is 0. The van der Waals surface area contributed by atoms with E-state index < -0.39 is 9.84 Å². The Kier molecular flexibility index (Phi) is 4.81. The minimum absolute atomic E-state index is 0.0602. The van der Waals surface area contributed by atoms with Crippen molar-refractivity contribution in [3.05, 3.63) is 36.4 Å². The monoisotopic (exact) mass is 376 g/mol. The maximum atomic E-state index is 12.2. The number of sulfone groups is 1. The quantitative estimate of drug-likeness (QED) is 0.781. The van der Waals surface area contributed by atoms with E-state index in [0.29, 0.717) is 18.1 Å². The van der Waals surface area contributed by atoms with Gasteiger partial charge in [-0.15, -0.1) is 0 Å². The number of rotatable bonds is 5. The third-order valence-electron chi connectivity index (χ3n) is 5.25. The van der Waals surface area contributed by atoms with Gasteiger partial charge in [0, 0.05) is 49.7 Å². The standard InChI is InChI=1S/C18H24N4O3S/c1-2-5-21-6-7-22(16-13-26(23,24)12-15(16)21)11-14-9-19-18(20-10-14)17-4-3-8-25-17/h3-4,8-10,15-16H,2,5-7,11-13H2,1H3. The highest BCUT2D eigenvalue weighted by molar-refractivity contribution is 7.91. The van der Waals surface area contributed by atoms with Crippen LogP contribution in [0.4, 0.5) is 0 Å². The van der Waals surface area contributed by atoms with Gasteiger partial charge >= 0.3 is 0 Å². The van der Waals surface area contributed by atoms with Gasteiger partial charge in [0.1, 0.15) is 0 Å². The first kappa shape index (κ1) is 17.6. The summed E-state index contributed by atoms with van der Waals surface area (Å²) in [6.45, 7) is 5.57. The van der Waals surface area contributed by atoms with Gasteiger partial charge in [-0.3, -0.25) is 9.80 Å². The predicted octanol–water partition coefficient (Wildman–Crippen LogP) is 1.43. The molecule has 0 radical (unpaired) electrons. The number of furan rings is 1. The van der Waals surface area contributed by atoms with Gasteiger partial charge in [-0.2, -0.15) is 0 Å². The molecule has 2 saturated heterocycles. The summed E-state index contributed by atoms with van der Waals surface area (Å²) >= 11 is 0. The molecule has 0 aromatic carbocycles. The molecule has 2 unspecified atom stereocenters. The number of hydrogen-bond acceptors (Lipinski definition) is 7. The van der Waals surface area contributed by atoms with E-state index in [1.807, 2.05) is 24.5 Å². The first-order valence-corrected chi connectivity index (χ1v) is 10.9. The third kappa shape index (κ3) is 3.54. The van der Waals surface area contributed by atoms with Crippen molar-refractivity contribution in [3.63, 3.8) is 0 Å². The van der Waals surface area contributed by atoms with Crippen molar-refractivity contribution in [2.24, 2.45) is 0 Å². The molecule has 2 atom stereocenters. The normalized spacial score (nSPS) is 26.0. The summed E-state index contributed by atoms with van der Waals surface area (Å²) in [4.78, 5) is 13.4. The van der Waals surface area contributed by atoms with Crippen molar-refractivity contribution in [1.82, 2.24) is 19.8 Å². The fourth-order valence-corrected chi connectivity index (χ4v) is 6.10. The van der Waals surface area contributed by atoms with E-state index in [2.05, 4.69) is 26.7 Å². The Balaban J connectivity index is 1.49. The summed E-state index contributed by atoms with van der Waals surface area (Å²) in [5, 5.41) is 0. The van der Waals surface area contributed by atoms with Crippen LogP contribution in [0.1, 0.15) is 18.9 Å². The molecule has 2 aliphatic heterocycles. The zero-order valence-corrected chi connectivity index (χ0v) is 15.7. The van der Waals surface area contributed by atoms with E-state index in [0.717, 1.165) is 31.6 Å². The first-order chi connectivity index (χ1) is 12.6. The maximum Gasteiger partial charge on any atom is 0.195 e. The van der Waals surface area contributed by atoms with Crippen molar-refractivity contribution < 1.29 is 12.8 Å². The largest absolute Gasteiger partial charge is 0.461 e. The molecule has 2 aromatic heterocycles. The Bertz CT molecular complexity index is 836. The zero-order valence-electron chi connectivity index (χ0n) is 14.9. The highest BCUT2D eigenvalue weighted by atomic mass is 32.2. The number of piperazine rings is 1. The molecule has 0 spiro atoms. The lowest BCUT2D eigenvalue weighted by Crippen LogP contribution is -2.58. The van der Waals surface area contributed by atoms with Crippen molar-refractivity contribution in [2.75, 3.05) is 31.1 Å². The lowest BCUT2D eigenvalue weighted by Gasteiger charge is -2.43. The average Bonchev–Trinajstić information content (AvgIpc) is 3.25. The van der Waals surface area contributed by atoms with Gasteiger partial charge < -0.3 is 4.42 Å². The summed E-state index contributed by atoms with van der Waals surface area (Å²) in [6, 6.07) is 3.81. The Morgan fingerprint density at radius 2 is 1.85 bits per heavy atom. The van der Waals surface area contributed by atoms with Gasteiger partial charge in [-0.1, -0.05) is 6.92 Å². The molecule has 4 heterocycles. The van der Waals surface area contributed by atoms with Gasteiger partial charge in [-0.05, 0) is 25.1 Å². The first-order valence-electron chi connectivity index (χ1n) is 9.09. The van der Waals surface area contributed by atoms with Crippen LogP contribution in [0.3, 0.4) is 0 Å². The summed E-state index contributed by atoms with van der Waals surface area (Å²) in [6.07, 6.45) is 6.26. The van der Waals surface area contributed by atoms with Crippen molar-refractivity contribution in [2.45, 2.75) is 32.0 Å². The van der Waals surface area contributed by atoms with E-state index in [4.69, 9.17) is 4.42 Å². The Morgan fingerprint density at radius 1 is 1.15 bits per heavy atom. The molecular formula is C18H24N4O3S. The molecular weight excluding hydrogens is 352 g/mol. The molecule has 0 amide bonds. The van der Waals surface area contributed by atoms with Crippen LogP contribution in [-0.2, 0) is 16.4 Å². The average molecular weight is 376 g/mol. The minimum atomic E-state index is -2.97. The summed E-state index contributed by atoms with van der Waals surface area (Å²) in [5.41, 5.74) is 0.993. The van der Waals surface area contributed by atoms with E-state index >= 15 is 0 Å². The van der Waals surface area contributed by atoms with Crippen molar-refractivity contribution >= 4 is 9.84 Å². The topological polar surface area (TPSA) is 79.5 Å². The van der Waals surface area contributed by atoms with Gasteiger partial charge in [-0.25, -0.2) is 18.4 Å². The number of nitrogens with zero attached hydrogens (tertiary/aromatic N) is 4.